The van der Waals surface area contributed by atoms with Crippen LogP contribution in [0.2, 0.25) is 0 Å². The van der Waals surface area contributed by atoms with E-state index in [9.17, 15) is 14.4 Å². The molecule has 0 bridgehead atoms. The fraction of sp³-hybridized carbons (Fsp3) is 0.241. The fourth-order valence-electron chi connectivity index (χ4n) is 4.81. The molecule has 2 N–H and O–H groups in total. The van der Waals surface area contributed by atoms with Crippen LogP contribution < -0.4 is 11.3 Å². The normalized spacial score (nSPS) is 13.9. The Balaban J connectivity index is 1.40. The van der Waals surface area contributed by atoms with Crippen LogP contribution in [-0.4, -0.2) is 32.8 Å². The Morgan fingerprint density at radius 2 is 1.50 bits per heavy atom. The Morgan fingerprint density at radius 3 is 2.17 bits per heavy atom. The van der Waals surface area contributed by atoms with Gasteiger partial charge in [0.1, 0.15) is 5.82 Å². The standard InChI is InChI=1S/C29H28N4O3/c1-2-23(30)26-31-24-17-10-12-19(25(24)29(36)33(26)20-13-4-3-5-14-20)11-8-9-18-32-27(34)21-15-6-7-16-22(21)28(32)35/h3-7,10,12-17,23H,2,8-9,11,18,30H2,1H3/t23-/m0/s1. The number of aromatic nitrogens is 2. The van der Waals surface area contributed by atoms with E-state index in [0.717, 1.165) is 11.3 Å². The number of rotatable bonds is 8. The predicted molar refractivity (Wildman–Crippen MR) is 139 cm³/mol. The van der Waals surface area contributed by atoms with Gasteiger partial charge in [0.05, 0.1) is 33.8 Å². The number of unbranched alkanes of at least 4 members (excludes halogenated alkanes) is 1. The van der Waals surface area contributed by atoms with Gasteiger partial charge in [0.2, 0.25) is 0 Å². The van der Waals surface area contributed by atoms with Crippen molar-refractivity contribution < 1.29 is 9.59 Å². The monoisotopic (exact) mass is 480 g/mol. The summed E-state index contributed by atoms with van der Waals surface area (Å²) in [5.74, 6) is 0.0648. The summed E-state index contributed by atoms with van der Waals surface area (Å²) in [6.07, 6.45) is 2.64. The van der Waals surface area contributed by atoms with Gasteiger partial charge in [-0.15, -0.1) is 0 Å². The van der Waals surface area contributed by atoms with Crippen LogP contribution in [0, 0.1) is 0 Å². The van der Waals surface area contributed by atoms with E-state index < -0.39 is 0 Å². The first-order valence-electron chi connectivity index (χ1n) is 12.3. The summed E-state index contributed by atoms with van der Waals surface area (Å²) in [5, 5.41) is 0.578. The zero-order chi connectivity index (χ0) is 25.2. The third-order valence-corrected chi connectivity index (χ3v) is 6.75. The van der Waals surface area contributed by atoms with Gasteiger partial charge >= 0.3 is 0 Å². The smallest absolute Gasteiger partial charge is 0.266 e. The van der Waals surface area contributed by atoms with Gasteiger partial charge in [-0.25, -0.2) is 4.98 Å². The Morgan fingerprint density at radius 1 is 0.833 bits per heavy atom. The van der Waals surface area contributed by atoms with Gasteiger partial charge in [0.15, 0.2) is 0 Å². The molecular weight excluding hydrogens is 452 g/mol. The minimum absolute atomic E-state index is 0.138. The van der Waals surface area contributed by atoms with Gasteiger partial charge in [0.25, 0.3) is 17.4 Å². The van der Waals surface area contributed by atoms with E-state index in [4.69, 9.17) is 10.7 Å². The van der Waals surface area contributed by atoms with Gasteiger partial charge < -0.3 is 5.73 Å². The van der Waals surface area contributed by atoms with Crippen molar-refractivity contribution in [2.24, 2.45) is 5.73 Å². The van der Waals surface area contributed by atoms with E-state index in [2.05, 4.69) is 0 Å². The summed E-state index contributed by atoms with van der Waals surface area (Å²) < 4.78 is 1.62. The maximum absolute atomic E-state index is 13.8. The lowest BCUT2D eigenvalue weighted by Gasteiger charge is -2.18. The van der Waals surface area contributed by atoms with E-state index in [1.165, 1.54) is 4.90 Å². The highest BCUT2D eigenvalue weighted by molar-refractivity contribution is 6.21. The van der Waals surface area contributed by atoms with Gasteiger partial charge in [-0.05, 0) is 61.6 Å². The van der Waals surface area contributed by atoms with Crippen LogP contribution in [0.5, 0.6) is 0 Å². The maximum atomic E-state index is 13.8. The fourth-order valence-corrected chi connectivity index (χ4v) is 4.81. The number of amides is 2. The molecule has 182 valence electrons. The topological polar surface area (TPSA) is 98.3 Å². The SMILES string of the molecule is CC[C@H](N)c1nc2cccc(CCCCN3C(=O)c4ccccc4C3=O)c2c(=O)n1-c1ccccc1. The number of benzene rings is 3. The van der Waals surface area contributed by atoms with E-state index in [1.807, 2.05) is 55.5 Å². The lowest BCUT2D eigenvalue weighted by Crippen LogP contribution is -2.30. The van der Waals surface area contributed by atoms with Crippen LogP contribution in [0.4, 0.5) is 0 Å². The predicted octanol–water partition coefficient (Wildman–Crippen LogP) is 4.41. The van der Waals surface area contributed by atoms with Crippen molar-refractivity contribution in [3.8, 4) is 5.69 Å². The Kier molecular flexibility index (Phi) is 6.48. The molecule has 36 heavy (non-hydrogen) atoms. The molecule has 1 aliphatic heterocycles. The number of imide groups is 1. The molecule has 2 heterocycles. The van der Waals surface area contributed by atoms with Crippen molar-refractivity contribution in [2.45, 2.75) is 38.6 Å². The number of hydrogen-bond acceptors (Lipinski definition) is 5. The minimum atomic E-state index is -0.370. The highest BCUT2D eigenvalue weighted by Crippen LogP contribution is 2.24. The van der Waals surface area contributed by atoms with E-state index in [-0.39, 0.29) is 23.4 Å². The van der Waals surface area contributed by atoms with Crippen molar-refractivity contribution >= 4 is 22.7 Å². The molecule has 1 aliphatic rings. The van der Waals surface area contributed by atoms with Gasteiger partial charge in [0, 0.05) is 6.54 Å². The van der Waals surface area contributed by atoms with E-state index >= 15 is 0 Å². The number of carbonyl (C=O) groups excluding carboxylic acids is 2. The molecule has 0 unspecified atom stereocenters. The average Bonchev–Trinajstić information content (AvgIpc) is 3.15. The first kappa shape index (κ1) is 23.6. The molecule has 0 saturated heterocycles. The summed E-state index contributed by atoms with van der Waals surface area (Å²) >= 11 is 0. The molecule has 2 amide bonds. The molecule has 0 saturated carbocycles. The van der Waals surface area contributed by atoms with Gasteiger partial charge in [-0.2, -0.15) is 0 Å². The number of carbonyl (C=O) groups is 2. The maximum Gasteiger partial charge on any atom is 0.266 e. The summed E-state index contributed by atoms with van der Waals surface area (Å²) in [6.45, 7) is 2.32. The van der Waals surface area contributed by atoms with Crippen molar-refractivity contribution in [3.05, 3.63) is 106 Å². The summed E-state index contributed by atoms with van der Waals surface area (Å²) in [5.41, 5.74) is 9.41. The van der Waals surface area contributed by atoms with Crippen LogP contribution in [0.1, 0.15) is 64.3 Å². The number of aryl methyl sites for hydroxylation is 1. The molecule has 1 atom stereocenters. The third-order valence-electron chi connectivity index (χ3n) is 6.75. The number of fused-ring (bicyclic) bond motifs is 2. The number of para-hydroxylation sites is 1. The summed E-state index contributed by atoms with van der Waals surface area (Å²) in [4.78, 5) is 45.2. The van der Waals surface area contributed by atoms with Crippen molar-refractivity contribution in [1.82, 2.24) is 14.5 Å². The molecule has 0 spiro atoms. The minimum Gasteiger partial charge on any atom is -0.321 e. The second-order valence-corrected chi connectivity index (χ2v) is 9.04. The van der Waals surface area contributed by atoms with Crippen molar-refractivity contribution in [1.29, 1.82) is 0 Å². The molecule has 4 aromatic rings. The number of hydrogen-bond donors (Lipinski definition) is 1. The van der Waals surface area contributed by atoms with E-state index in [0.29, 0.717) is 60.1 Å². The Bertz CT molecular complexity index is 1480. The lowest BCUT2D eigenvalue weighted by atomic mass is 10.0. The van der Waals surface area contributed by atoms with Crippen LogP contribution in [0.25, 0.3) is 16.6 Å². The quantitative estimate of drug-likeness (QED) is 0.297. The number of nitrogens with two attached hydrogens (primary N) is 1. The van der Waals surface area contributed by atoms with Crippen molar-refractivity contribution in [3.63, 3.8) is 0 Å². The van der Waals surface area contributed by atoms with Crippen LogP contribution in [-0.2, 0) is 6.42 Å². The molecule has 5 rings (SSSR count). The zero-order valence-electron chi connectivity index (χ0n) is 20.2. The van der Waals surface area contributed by atoms with Gasteiger partial charge in [-0.1, -0.05) is 49.4 Å². The second-order valence-electron chi connectivity index (χ2n) is 9.04. The molecule has 1 aromatic heterocycles. The largest absolute Gasteiger partial charge is 0.321 e. The van der Waals surface area contributed by atoms with Crippen LogP contribution in [0.15, 0.2) is 77.6 Å². The third kappa shape index (κ3) is 4.12. The molecule has 0 radical (unpaired) electrons. The molecule has 0 aliphatic carbocycles. The molecule has 7 heteroatoms. The van der Waals surface area contributed by atoms with Crippen LogP contribution >= 0.6 is 0 Å². The van der Waals surface area contributed by atoms with Crippen LogP contribution in [0.3, 0.4) is 0 Å². The molecular formula is C29H28N4O3. The average molecular weight is 481 g/mol. The second kappa shape index (κ2) is 9.87. The van der Waals surface area contributed by atoms with Gasteiger partial charge in [-0.3, -0.25) is 23.9 Å². The zero-order valence-corrected chi connectivity index (χ0v) is 20.2. The molecule has 0 fully saturated rings. The Labute approximate surface area is 209 Å². The Hall–Kier alpha value is -4.10. The highest BCUT2D eigenvalue weighted by Gasteiger charge is 2.34. The molecule has 3 aromatic carbocycles. The summed E-state index contributed by atoms with van der Waals surface area (Å²) in [7, 11) is 0. The summed E-state index contributed by atoms with van der Waals surface area (Å²) in [6, 6.07) is 21.7. The highest BCUT2D eigenvalue weighted by atomic mass is 16.2. The molecule has 7 nitrogen and oxygen atoms in total. The van der Waals surface area contributed by atoms with Crippen molar-refractivity contribution in [2.75, 3.05) is 6.54 Å². The first-order valence-corrected chi connectivity index (χ1v) is 12.3. The first-order chi connectivity index (χ1) is 17.5. The number of nitrogens with zero attached hydrogens (tertiary/aromatic N) is 3. The lowest BCUT2D eigenvalue weighted by molar-refractivity contribution is 0.0652. The van der Waals surface area contributed by atoms with E-state index in [1.54, 1.807) is 28.8 Å².